The molecule has 31 heavy (non-hydrogen) atoms. The molecule has 1 saturated carbocycles. The van der Waals surface area contributed by atoms with Gasteiger partial charge in [-0.1, -0.05) is 48.9 Å². The summed E-state index contributed by atoms with van der Waals surface area (Å²) in [7, 11) is 0. The first-order valence-corrected chi connectivity index (χ1v) is 11.4. The van der Waals surface area contributed by atoms with Gasteiger partial charge in [-0.3, -0.25) is 9.59 Å². The van der Waals surface area contributed by atoms with Gasteiger partial charge in [0.2, 0.25) is 5.91 Å². The lowest BCUT2D eigenvalue weighted by Crippen LogP contribution is -2.36. The number of hydrogen-bond donors (Lipinski definition) is 2. The first kappa shape index (κ1) is 21.3. The molecule has 0 radical (unpaired) electrons. The molecule has 4 rings (SSSR count). The zero-order chi connectivity index (χ0) is 22.1. The molecule has 162 valence electrons. The molecule has 1 amide bonds. The van der Waals surface area contributed by atoms with Gasteiger partial charge in [-0.05, 0) is 37.2 Å². The van der Waals surface area contributed by atoms with Gasteiger partial charge < -0.3 is 15.2 Å². The molecule has 0 aliphatic heterocycles. The highest BCUT2D eigenvalue weighted by Gasteiger charge is 2.51. The minimum absolute atomic E-state index is 0.0851. The second kappa shape index (κ2) is 8.67. The van der Waals surface area contributed by atoms with Crippen LogP contribution < -0.4 is 5.32 Å². The molecule has 1 fully saturated rings. The Morgan fingerprint density at radius 3 is 2.45 bits per heavy atom. The number of aliphatic carboxylic acids is 1. The summed E-state index contributed by atoms with van der Waals surface area (Å²) in [6.45, 7) is 4.19. The summed E-state index contributed by atoms with van der Waals surface area (Å²) in [5, 5.41) is 14.7. The smallest absolute Gasteiger partial charge is 0.341 e. The van der Waals surface area contributed by atoms with E-state index < -0.39 is 23.8 Å². The molecule has 2 aliphatic carbocycles. The first-order chi connectivity index (χ1) is 14.9. The summed E-state index contributed by atoms with van der Waals surface area (Å²) in [6, 6.07) is 7.79. The number of nitrogens with one attached hydrogen (secondary N) is 1. The molecule has 2 N–H and O–H groups in total. The van der Waals surface area contributed by atoms with E-state index in [1.54, 1.807) is 0 Å². The maximum Gasteiger partial charge on any atom is 0.341 e. The van der Waals surface area contributed by atoms with Crippen LogP contribution in [-0.2, 0) is 14.3 Å². The van der Waals surface area contributed by atoms with Crippen LogP contribution in [0.1, 0.15) is 35.7 Å². The number of thiophene rings is 1. The van der Waals surface area contributed by atoms with Crippen molar-refractivity contribution in [1.29, 1.82) is 0 Å². The SMILES string of the molecule is CCCOC(=O)c1c(-c2ccc(C)cc2)csc1NC(=O)[C@@H]1[C@H](C(=O)O)[C@H]2C=C[C@H]1C2. The van der Waals surface area contributed by atoms with E-state index >= 15 is 0 Å². The van der Waals surface area contributed by atoms with Gasteiger partial charge in [0.1, 0.15) is 10.6 Å². The predicted octanol–water partition coefficient (Wildman–Crippen LogP) is 4.75. The number of carbonyl (C=O) groups excluding carboxylic acids is 2. The molecule has 0 unspecified atom stereocenters. The van der Waals surface area contributed by atoms with Gasteiger partial charge in [0, 0.05) is 10.9 Å². The van der Waals surface area contributed by atoms with Gasteiger partial charge in [-0.25, -0.2) is 4.79 Å². The average Bonchev–Trinajstić information content (AvgIpc) is 3.47. The molecule has 0 spiro atoms. The van der Waals surface area contributed by atoms with Crippen molar-refractivity contribution in [2.45, 2.75) is 26.7 Å². The van der Waals surface area contributed by atoms with Crippen molar-refractivity contribution in [3.8, 4) is 11.1 Å². The number of benzene rings is 1. The number of amides is 1. The second-order valence-corrected chi connectivity index (χ2v) is 9.06. The standard InChI is InChI=1S/C24H25NO5S/c1-3-10-30-24(29)20-17(14-6-4-13(2)5-7-14)12-31-22(20)25-21(26)18-15-8-9-16(11-15)19(18)23(27)28/h4-9,12,15-16,18-19H,3,10-11H2,1-2H3,(H,25,26)(H,27,28)/t15-,16-,18-,19+/m0/s1. The molecular weight excluding hydrogens is 414 g/mol. The van der Waals surface area contributed by atoms with E-state index in [4.69, 9.17) is 4.74 Å². The van der Waals surface area contributed by atoms with Gasteiger partial charge >= 0.3 is 11.9 Å². The van der Waals surface area contributed by atoms with Gasteiger partial charge in [0.25, 0.3) is 0 Å². The summed E-state index contributed by atoms with van der Waals surface area (Å²) in [5.74, 6) is -3.37. The van der Waals surface area contributed by atoms with Crippen LogP contribution in [0.15, 0.2) is 41.8 Å². The Bertz CT molecular complexity index is 1040. The molecule has 2 aliphatic rings. The fourth-order valence-corrected chi connectivity index (χ4v) is 5.54. The van der Waals surface area contributed by atoms with Crippen LogP contribution in [0.2, 0.25) is 0 Å². The van der Waals surface area contributed by atoms with Crippen molar-refractivity contribution >= 4 is 34.2 Å². The number of rotatable bonds is 7. The number of carboxylic acid groups (broad SMARTS) is 1. The Hall–Kier alpha value is -2.93. The molecule has 2 aromatic rings. The Morgan fingerprint density at radius 1 is 1.13 bits per heavy atom. The largest absolute Gasteiger partial charge is 0.481 e. The van der Waals surface area contributed by atoms with Crippen molar-refractivity contribution in [1.82, 2.24) is 0 Å². The number of anilines is 1. The van der Waals surface area contributed by atoms with E-state index in [9.17, 15) is 19.5 Å². The molecular formula is C24H25NO5S. The predicted molar refractivity (Wildman–Crippen MR) is 119 cm³/mol. The Labute approximate surface area is 184 Å². The third kappa shape index (κ3) is 4.02. The van der Waals surface area contributed by atoms with Crippen molar-refractivity contribution in [3.63, 3.8) is 0 Å². The highest BCUT2D eigenvalue weighted by Crippen LogP contribution is 2.49. The number of carboxylic acids is 1. The van der Waals surface area contributed by atoms with E-state index in [1.807, 2.05) is 55.6 Å². The number of ether oxygens (including phenoxy) is 1. The van der Waals surface area contributed by atoms with E-state index in [1.165, 1.54) is 11.3 Å². The molecule has 6 nitrogen and oxygen atoms in total. The van der Waals surface area contributed by atoms with Crippen molar-refractivity contribution < 1.29 is 24.2 Å². The summed E-state index contributed by atoms with van der Waals surface area (Å²) >= 11 is 1.26. The van der Waals surface area contributed by atoms with Crippen molar-refractivity contribution in [3.05, 3.63) is 52.9 Å². The van der Waals surface area contributed by atoms with Gasteiger partial charge in [-0.2, -0.15) is 0 Å². The number of fused-ring (bicyclic) bond motifs is 2. The minimum atomic E-state index is -0.953. The lowest BCUT2D eigenvalue weighted by molar-refractivity contribution is -0.146. The number of allylic oxidation sites excluding steroid dienone is 2. The van der Waals surface area contributed by atoms with Crippen molar-refractivity contribution in [2.75, 3.05) is 11.9 Å². The zero-order valence-corrected chi connectivity index (χ0v) is 18.3. The van der Waals surface area contributed by atoms with Crippen LogP contribution in [0.5, 0.6) is 0 Å². The van der Waals surface area contributed by atoms with Crippen LogP contribution in [0, 0.1) is 30.6 Å². The zero-order valence-electron chi connectivity index (χ0n) is 17.5. The minimum Gasteiger partial charge on any atom is -0.481 e. The number of esters is 1. The topological polar surface area (TPSA) is 92.7 Å². The van der Waals surface area contributed by atoms with Crippen molar-refractivity contribution in [2.24, 2.45) is 23.7 Å². The maximum absolute atomic E-state index is 13.1. The highest BCUT2D eigenvalue weighted by atomic mass is 32.1. The summed E-state index contributed by atoms with van der Waals surface area (Å²) < 4.78 is 5.39. The summed E-state index contributed by atoms with van der Waals surface area (Å²) in [4.78, 5) is 37.8. The first-order valence-electron chi connectivity index (χ1n) is 10.5. The average molecular weight is 440 g/mol. The van der Waals surface area contributed by atoms with Gasteiger partial charge in [0.15, 0.2) is 0 Å². The molecule has 1 heterocycles. The monoisotopic (exact) mass is 439 g/mol. The van der Waals surface area contributed by atoms with Crippen LogP contribution >= 0.6 is 11.3 Å². The Kier molecular flexibility index (Phi) is 5.96. The van der Waals surface area contributed by atoms with E-state index in [0.717, 1.165) is 11.1 Å². The second-order valence-electron chi connectivity index (χ2n) is 8.18. The third-order valence-corrected chi connectivity index (χ3v) is 6.97. The molecule has 0 saturated heterocycles. The normalized spacial score (nSPS) is 23.7. The van der Waals surface area contributed by atoms with E-state index in [-0.39, 0.29) is 24.3 Å². The number of aryl methyl sites for hydroxylation is 1. The fraction of sp³-hybridized carbons (Fsp3) is 0.375. The Balaban J connectivity index is 1.65. The van der Waals surface area contributed by atoms with Crippen LogP contribution in [0.4, 0.5) is 5.00 Å². The number of carbonyl (C=O) groups is 3. The quantitative estimate of drug-likeness (QED) is 0.480. The van der Waals surface area contributed by atoms with Gasteiger partial charge in [0.05, 0.1) is 18.4 Å². The molecule has 1 aromatic carbocycles. The van der Waals surface area contributed by atoms with Crippen LogP contribution in [-0.4, -0.2) is 29.6 Å². The van der Waals surface area contributed by atoms with E-state index in [2.05, 4.69) is 5.32 Å². The molecule has 7 heteroatoms. The lowest BCUT2D eigenvalue weighted by atomic mass is 9.82. The third-order valence-electron chi connectivity index (χ3n) is 6.08. The maximum atomic E-state index is 13.1. The van der Waals surface area contributed by atoms with E-state index in [0.29, 0.717) is 29.0 Å². The molecule has 1 aromatic heterocycles. The summed E-state index contributed by atoms with van der Waals surface area (Å²) in [6.07, 6.45) is 5.22. The Morgan fingerprint density at radius 2 is 1.81 bits per heavy atom. The molecule has 4 atom stereocenters. The van der Waals surface area contributed by atoms with Crippen LogP contribution in [0.3, 0.4) is 0 Å². The van der Waals surface area contributed by atoms with Crippen LogP contribution in [0.25, 0.3) is 11.1 Å². The highest BCUT2D eigenvalue weighted by molar-refractivity contribution is 7.15. The van der Waals surface area contributed by atoms with Gasteiger partial charge in [-0.15, -0.1) is 11.3 Å². The summed E-state index contributed by atoms with van der Waals surface area (Å²) in [5.41, 5.74) is 2.98. The number of hydrogen-bond acceptors (Lipinski definition) is 5. The lowest BCUT2D eigenvalue weighted by Gasteiger charge is -2.23. The molecule has 2 bridgehead atoms. The fourth-order valence-electron chi connectivity index (χ4n) is 4.58.